The van der Waals surface area contributed by atoms with Gasteiger partial charge < -0.3 is 19.8 Å². The number of nitrogens with zero attached hydrogens (tertiary/aromatic N) is 1. The van der Waals surface area contributed by atoms with E-state index < -0.39 is 6.10 Å². The van der Waals surface area contributed by atoms with Crippen LogP contribution in [0.1, 0.15) is 17.3 Å². The number of benzene rings is 2. The molecule has 1 aliphatic rings. The molecule has 0 bridgehead atoms. The van der Waals surface area contributed by atoms with E-state index in [0.717, 1.165) is 0 Å². The van der Waals surface area contributed by atoms with Gasteiger partial charge >= 0.3 is 0 Å². The van der Waals surface area contributed by atoms with Gasteiger partial charge in [-0.3, -0.25) is 4.79 Å². The van der Waals surface area contributed by atoms with Gasteiger partial charge in [0.2, 0.25) is 0 Å². The highest BCUT2D eigenvalue weighted by atomic mass is 35.5. The van der Waals surface area contributed by atoms with Crippen molar-refractivity contribution in [3.8, 4) is 16.9 Å². The largest absolute Gasteiger partial charge is 0.507 e. The third kappa shape index (κ3) is 3.63. The van der Waals surface area contributed by atoms with Crippen LogP contribution in [-0.4, -0.2) is 52.9 Å². The van der Waals surface area contributed by atoms with Gasteiger partial charge in [0.1, 0.15) is 5.75 Å². The van der Waals surface area contributed by atoms with Gasteiger partial charge in [0, 0.05) is 22.7 Å². The predicted octanol–water partition coefficient (Wildman–Crippen LogP) is 2.93. The first-order valence-corrected chi connectivity index (χ1v) is 8.54. The summed E-state index contributed by atoms with van der Waals surface area (Å²) in [5.41, 5.74) is 1.75. The van der Waals surface area contributed by atoms with Crippen molar-refractivity contribution in [1.29, 1.82) is 0 Å². The van der Waals surface area contributed by atoms with Gasteiger partial charge in [-0.1, -0.05) is 23.7 Å². The van der Waals surface area contributed by atoms with E-state index in [9.17, 15) is 15.0 Å². The van der Waals surface area contributed by atoms with Crippen molar-refractivity contribution in [3.63, 3.8) is 0 Å². The topological polar surface area (TPSA) is 70.0 Å². The second-order valence-corrected chi connectivity index (χ2v) is 6.44. The van der Waals surface area contributed by atoms with E-state index in [1.165, 1.54) is 6.07 Å². The summed E-state index contributed by atoms with van der Waals surface area (Å²) in [5.74, 6) is -0.0821. The molecule has 6 heteroatoms. The van der Waals surface area contributed by atoms with E-state index in [1.807, 2.05) is 13.0 Å². The number of hydrogen-bond donors (Lipinski definition) is 2. The Balaban J connectivity index is 1.92. The van der Waals surface area contributed by atoms with E-state index in [1.54, 1.807) is 35.2 Å². The highest BCUT2D eigenvalue weighted by Gasteiger charge is 2.34. The van der Waals surface area contributed by atoms with Crippen molar-refractivity contribution in [1.82, 2.24) is 4.90 Å². The zero-order valence-electron chi connectivity index (χ0n) is 13.9. The molecule has 1 heterocycles. The molecular weight excluding hydrogens is 342 g/mol. The highest BCUT2D eigenvalue weighted by Crippen LogP contribution is 2.32. The van der Waals surface area contributed by atoms with Crippen molar-refractivity contribution in [2.45, 2.75) is 19.1 Å². The number of phenols is 1. The Morgan fingerprint density at radius 1 is 1.28 bits per heavy atom. The summed E-state index contributed by atoms with van der Waals surface area (Å²) in [4.78, 5) is 14.5. The van der Waals surface area contributed by atoms with Crippen molar-refractivity contribution in [3.05, 3.63) is 53.1 Å². The third-order valence-corrected chi connectivity index (χ3v) is 4.64. The molecule has 2 atom stereocenters. The molecule has 0 unspecified atom stereocenters. The summed E-state index contributed by atoms with van der Waals surface area (Å²) < 4.78 is 5.27. The van der Waals surface area contributed by atoms with Crippen molar-refractivity contribution >= 4 is 17.5 Å². The Kier molecular flexibility index (Phi) is 5.27. The zero-order chi connectivity index (χ0) is 18.0. The van der Waals surface area contributed by atoms with Crippen LogP contribution < -0.4 is 0 Å². The molecule has 1 fully saturated rings. The molecule has 5 nitrogen and oxygen atoms in total. The van der Waals surface area contributed by atoms with Crippen molar-refractivity contribution in [2.24, 2.45) is 0 Å². The first-order chi connectivity index (χ1) is 12.0. The summed E-state index contributed by atoms with van der Waals surface area (Å²) in [6, 6.07) is 11.5. The van der Waals surface area contributed by atoms with E-state index in [0.29, 0.717) is 34.9 Å². The molecule has 3 rings (SSSR count). The number of hydrogen-bond acceptors (Lipinski definition) is 4. The number of aromatic hydroxyl groups is 1. The van der Waals surface area contributed by atoms with Gasteiger partial charge in [0.15, 0.2) is 0 Å². The lowest BCUT2D eigenvalue weighted by Crippen LogP contribution is -2.46. The molecule has 1 aliphatic heterocycles. The van der Waals surface area contributed by atoms with Gasteiger partial charge in [0.25, 0.3) is 5.91 Å². The van der Waals surface area contributed by atoms with Crippen LogP contribution in [0.2, 0.25) is 5.02 Å². The van der Waals surface area contributed by atoms with Crippen LogP contribution in [0.4, 0.5) is 0 Å². The molecule has 2 aromatic carbocycles. The minimum Gasteiger partial charge on any atom is -0.507 e. The first-order valence-electron chi connectivity index (χ1n) is 8.17. The van der Waals surface area contributed by atoms with Crippen LogP contribution >= 0.6 is 11.6 Å². The monoisotopic (exact) mass is 361 g/mol. The maximum absolute atomic E-state index is 12.9. The molecule has 1 saturated heterocycles. The number of amides is 1. The Bertz CT molecular complexity index is 780. The minimum absolute atomic E-state index is 0.0981. The van der Waals surface area contributed by atoms with E-state index in [-0.39, 0.29) is 24.3 Å². The summed E-state index contributed by atoms with van der Waals surface area (Å²) >= 11 is 6.02. The van der Waals surface area contributed by atoms with Gasteiger partial charge in [-0.15, -0.1) is 0 Å². The molecule has 1 amide bonds. The summed E-state index contributed by atoms with van der Waals surface area (Å²) in [7, 11) is 0. The van der Waals surface area contributed by atoms with E-state index >= 15 is 0 Å². The number of aliphatic hydroxyl groups is 1. The average molecular weight is 362 g/mol. The Morgan fingerprint density at radius 3 is 2.76 bits per heavy atom. The Labute approximate surface area is 151 Å². The summed E-state index contributed by atoms with van der Waals surface area (Å²) in [6.07, 6.45) is -0.677. The van der Waals surface area contributed by atoms with Crippen molar-refractivity contribution < 1.29 is 19.7 Å². The quantitative estimate of drug-likeness (QED) is 0.878. The van der Waals surface area contributed by atoms with Gasteiger partial charge in [-0.05, 0) is 42.8 Å². The number of carbonyl (C=O) groups is 1. The lowest BCUT2D eigenvalue weighted by Gasteiger charge is -2.29. The highest BCUT2D eigenvalue weighted by molar-refractivity contribution is 6.31. The van der Waals surface area contributed by atoms with E-state index in [4.69, 9.17) is 16.3 Å². The van der Waals surface area contributed by atoms with Crippen LogP contribution in [0.3, 0.4) is 0 Å². The Hall–Kier alpha value is -2.08. The third-order valence-electron chi connectivity index (χ3n) is 4.40. The maximum Gasteiger partial charge on any atom is 0.254 e. The number of phenolic OH excluding ortho intramolecular Hbond substituents is 1. The second-order valence-electron chi connectivity index (χ2n) is 6.01. The standard InChI is InChI=1S/C19H20ClNO4/c1-2-21(16-10-25-11-18(16)23)19(24)13-5-3-4-12(8-13)15-9-14(20)6-7-17(15)22/h3-9,16,18,22-23H,2,10-11H2,1H3/t16-,18-/m0/s1. The molecule has 0 spiro atoms. The normalized spacial score (nSPS) is 19.8. The second kappa shape index (κ2) is 7.44. The average Bonchev–Trinajstić information content (AvgIpc) is 3.03. The van der Waals surface area contributed by atoms with E-state index in [2.05, 4.69) is 0 Å². The van der Waals surface area contributed by atoms with Gasteiger partial charge in [-0.2, -0.15) is 0 Å². The summed E-state index contributed by atoms with van der Waals surface area (Å²) in [6.45, 7) is 2.91. The lowest BCUT2D eigenvalue weighted by molar-refractivity contribution is 0.0520. The summed E-state index contributed by atoms with van der Waals surface area (Å²) in [5, 5.41) is 20.6. The minimum atomic E-state index is -0.677. The van der Waals surface area contributed by atoms with Crippen LogP contribution in [-0.2, 0) is 4.74 Å². The predicted molar refractivity (Wildman–Crippen MR) is 95.9 cm³/mol. The molecule has 132 valence electrons. The fraction of sp³-hybridized carbons (Fsp3) is 0.316. The zero-order valence-corrected chi connectivity index (χ0v) is 14.6. The molecule has 0 aromatic heterocycles. The smallest absolute Gasteiger partial charge is 0.254 e. The first kappa shape index (κ1) is 17.7. The lowest BCUT2D eigenvalue weighted by atomic mass is 10.0. The van der Waals surface area contributed by atoms with Crippen LogP contribution in [0, 0.1) is 0 Å². The van der Waals surface area contributed by atoms with Crippen LogP contribution in [0.25, 0.3) is 11.1 Å². The SMILES string of the molecule is CCN(C(=O)c1cccc(-c2cc(Cl)ccc2O)c1)[C@H]1COC[C@@H]1O. The number of likely N-dealkylation sites (N-methyl/N-ethyl adjacent to an activating group) is 1. The number of rotatable bonds is 4. The fourth-order valence-electron chi connectivity index (χ4n) is 3.08. The van der Waals surface area contributed by atoms with Gasteiger partial charge in [-0.25, -0.2) is 0 Å². The maximum atomic E-state index is 12.9. The molecular formula is C19H20ClNO4. The van der Waals surface area contributed by atoms with Crippen molar-refractivity contribution in [2.75, 3.05) is 19.8 Å². The molecule has 25 heavy (non-hydrogen) atoms. The fourth-order valence-corrected chi connectivity index (χ4v) is 3.26. The molecule has 0 radical (unpaired) electrons. The molecule has 0 aliphatic carbocycles. The molecule has 0 saturated carbocycles. The van der Waals surface area contributed by atoms with Gasteiger partial charge in [0.05, 0.1) is 25.4 Å². The number of aliphatic hydroxyl groups excluding tert-OH is 1. The van der Waals surface area contributed by atoms with Crippen LogP contribution in [0.15, 0.2) is 42.5 Å². The Morgan fingerprint density at radius 2 is 2.08 bits per heavy atom. The molecule has 2 N–H and O–H groups in total. The number of carbonyl (C=O) groups excluding carboxylic acids is 1. The molecule has 2 aromatic rings. The van der Waals surface area contributed by atoms with Crippen LogP contribution in [0.5, 0.6) is 5.75 Å². The number of ether oxygens (including phenoxy) is 1. The number of halogens is 1.